The van der Waals surface area contributed by atoms with Gasteiger partial charge in [-0.25, -0.2) is 9.91 Å². The van der Waals surface area contributed by atoms with Crippen LogP contribution in [0, 0.1) is 5.92 Å². The molecule has 10 heteroatoms. The van der Waals surface area contributed by atoms with E-state index < -0.39 is 23.9 Å². The smallest absolute Gasteiger partial charge is 0.264 e. The minimum atomic E-state index is -0.980. The zero-order chi connectivity index (χ0) is 28.8. The van der Waals surface area contributed by atoms with Crippen LogP contribution in [0.25, 0.3) is 6.08 Å². The van der Waals surface area contributed by atoms with E-state index in [2.05, 4.69) is 44.5 Å². The number of fused-ring (bicyclic) bond motifs is 2. The van der Waals surface area contributed by atoms with E-state index in [-0.39, 0.29) is 24.4 Å². The van der Waals surface area contributed by atoms with E-state index in [4.69, 9.17) is 5.10 Å². The minimum Gasteiger partial charge on any atom is -0.271 e. The van der Waals surface area contributed by atoms with Gasteiger partial charge in [0.05, 0.1) is 17.4 Å². The van der Waals surface area contributed by atoms with Crippen LogP contribution in [0.4, 0.5) is 5.69 Å². The lowest BCUT2D eigenvalue weighted by Crippen LogP contribution is -2.45. The molecule has 3 heterocycles. The van der Waals surface area contributed by atoms with Crippen molar-refractivity contribution in [3.63, 3.8) is 0 Å². The standard InChI is InChI=1S/C32H27BrN6O3/c33-23-14-16-24(17-15-23)38-31(41)28-30(32(38)42)37(36-34-28)19-26(40)39-29(21-10-5-2-6-11-21)25-13-7-12-22(27(25)35-39)18-20-8-3-1-4-9-20/h1-6,8-11,14-18,25,28-30H,7,12-13,19H2/b22-18-/t25-,28+,29-,30+/m0/s1. The Bertz CT molecular complexity index is 1640. The van der Waals surface area contributed by atoms with Gasteiger partial charge in [0, 0.05) is 10.4 Å². The van der Waals surface area contributed by atoms with E-state index in [0.29, 0.717) is 5.69 Å². The number of imide groups is 1. The predicted molar refractivity (Wildman–Crippen MR) is 161 cm³/mol. The first-order valence-corrected chi connectivity index (χ1v) is 14.8. The molecule has 210 valence electrons. The van der Waals surface area contributed by atoms with E-state index >= 15 is 0 Å². The molecule has 0 spiro atoms. The number of rotatable bonds is 5. The maximum absolute atomic E-state index is 14.0. The summed E-state index contributed by atoms with van der Waals surface area (Å²) in [5.41, 5.74) is 4.63. The SMILES string of the molecule is O=C1[C@@H]2N=NN(CC(=O)N3N=C4/C(=C\c5ccccc5)CCC[C@@H]4[C@@H]3c3ccccc3)[C@H]2C(=O)N1c1ccc(Br)cc1. The van der Waals surface area contributed by atoms with Crippen LogP contribution in [-0.2, 0) is 14.4 Å². The third kappa shape index (κ3) is 4.56. The molecule has 9 nitrogen and oxygen atoms in total. The summed E-state index contributed by atoms with van der Waals surface area (Å²) in [5.74, 6) is -1.14. The van der Waals surface area contributed by atoms with Crippen molar-refractivity contribution in [1.82, 2.24) is 10.0 Å². The summed E-state index contributed by atoms with van der Waals surface area (Å²) >= 11 is 3.38. The Balaban J connectivity index is 1.18. The van der Waals surface area contributed by atoms with E-state index in [0.717, 1.165) is 51.0 Å². The molecular formula is C32H27BrN6O3. The normalized spacial score (nSPS) is 25.7. The Morgan fingerprint density at radius 3 is 2.36 bits per heavy atom. The summed E-state index contributed by atoms with van der Waals surface area (Å²) in [4.78, 5) is 41.8. The summed E-state index contributed by atoms with van der Waals surface area (Å²) < 4.78 is 0.833. The second kappa shape index (κ2) is 10.8. The average Bonchev–Trinajstić information content (AvgIpc) is 3.68. The van der Waals surface area contributed by atoms with E-state index in [1.807, 2.05) is 48.5 Å². The van der Waals surface area contributed by atoms with Crippen LogP contribution >= 0.6 is 15.9 Å². The highest BCUT2D eigenvalue weighted by atomic mass is 79.9. The number of benzene rings is 3. The number of carbonyl (C=O) groups is 3. The molecule has 4 aliphatic rings. The predicted octanol–water partition coefficient (Wildman–Crippen LogP) is 5.57. The molecule has 0 radical (unpaired) electrons. The Hall–Kier alpha value is -4.44. The van der Waals surface area contributed by atoms with Gasteiger partial charge < -0.3 is 0 Å². The molecule has 3 amide bonds. The molecule has 0 bridgehead atoms. The molecular weight excluding hydrogens is 596 g/mol. The number of hydrogen-bond acceptors (Lipinski definition) is 7. The van der Waals surface area contributed by atoms with Crippen LogP contribution in [0.1, 0.15) is 36.4 Å². The molecule has 3 aromatic carbocycles. The zero-order valence-corrected chi connectivity index (χ0v) is 24.2. The third-order valence-electron chi connectivity index (χ3n) is 8.28. The van der Waals surface area contributed by atoms with E-state index in [1.165, 1.54) is 5.01 Å². The fourth-order valence-corrected chi connectivity index (χ4v) is 6.61. The quantitative estimate of drug-likeness (QED) is 0.348. The van der Waals surface area contributed by atoms with Crippen LogP contribution in [0.15, 0.2) is 110 Å². The van der Waals surface area contributed by atoms with Crippen LogP contribution < -0.4 is 4.90 Å². The molecule has 4 atom stereocenters. The van der Waals surface area contributed by atoms with Gasteiger partial charge >= 0.3 is 0 Å². The third-order valence-corrected chi connectivity index (χ3v) is 8.81. The van der Waals surface area contributed by atoms with Crippen molar-refractivity contribution >= 4 is 51.1 Å². The number of hydrazone groups is 1. The first kappa shape index (κ1) is 26.5. The molecule has 42 heavy (non-hydrogen) atoms. The summed E-state index contributed by atoms with van der Waals surface area (Å²) in [6.07, 6.45) is 4.97. The number of halogens is 1. The molecule has 0 unspecified atom stereocenters. The van der Waals surface area contributed by atoms with Crippen molar-refractivity contribution in [2.24, 2.45) is 21.4 Å². The fraction of sp³-hybridized carbons (Fsp3) is 0.250. The van der Waals surface area contributed by atoms with Crippen molar-refractivity contribution in [3.8, 4) is 0 Å². The number of carbonyl (C=O) groups excluding carboxylic acids is 3. The minimum absolute atomic E-state index is 0.0515. The van der Waals surface area contributed by atoms with Gasteiger partial charge in [-0.3, -0.25) is 19.4 Å². The second-order valence-corrected chi connectivity index (χ2v) is 11.8. The Morgan fingerprint density at radius 1 is 0.905 bits per heavy atom. The van der Waals surface area contributed by atoms with Crippen LogP contribution in [0.5, 0.6) is 0 Å². The number of allylic oxidation sites excluding steroid dienone is 1. The molecule has 0 aromatic heterocycles. The van der Waals surface area contributed by atoms with Crippen LogP contribution in [0.3, 0.4) is 0 Å². The van der Waals surface area contributed by atoms with Gasteiger partial charge in [-0.2, -0.15) is 10.2 Å². The highest BCUT2D eigenvalue weighted by molar-refractivity contribution is 9.10. The van der Waals surface area contributed by atoms with Gasteiger partial charge in [0.25, 0.3) is 17.7 Å². The van der Waals surface area contributed by atoms with Crippen molar-refractivity contribution < 1.29 is 14.4 Å². The average molecular weight is 624 g/mol. The second-order valence-electron chi connectivity index (χ2n) is 10.8. The van der Waals surface area contributed by atoms with Crippen molar-refractivity contribution in [3.05, 3.63) is 106 Å². The Morgan fingerprint density at radius 2 is 1.62 bits per heavy atom. The van der Waals surface area contributed by atoms with Crippen LogP contribution in [-0.4, -0.2) is 52.1 Å². The lowest BCUT2D eigenvalue weighted by molar-refractivity contribution is -0.136. The molecule has 3 aromatic rings. The molecule has 7 rings (SSSR count). The molecule has 1 aliphatic carbocycles. The van der Waals surface area contributed by atoms with Gasteiger partial charge in [0.15, 0.2) is 12.1 Å². The maximum Gasteiger partial charge on any atom is 0.264 e. The zero-order valence-electron chi connectivity index (χ0n) is 22.6. The number of anilines is 1. The molecule has 2 fully saturated rings. The molecule has 1 saturated carbocycles. The molecule has 0 N–H and O–H groups in total. The van der Waals surface area contributed by atoms with Crippen molar-refractivity contribution in [1.29, 1.82) is 0 Å². The molecule has 3 aliphatic heterocycles. The Kier molecular flexibility index (Phi) is 6.78. The Labute approximate surface area is 251 Å². The van der Waals surface area contributed by atoms with Crippen molar-refractivity contribution in [2.75, 3.05) is 11.4 Å². The summed E-state index contributed by atoms with van der Waals surface area (Å²) in [5, 5.41) is 16.1. The number of hydrogen-bond donors (Lipinski definition) is 0. The maximum atomic E-state index is 14.0. The van der Waals surface area contributed by atoms with Gasteiger partial charge in [-0.05, 0) is 66.3 Å². The topological polar surface area (TPSA) is 98.0 Å². The van der Waals surface area contributed by atoms with E-state index in [1.54, 1.807) is 29.3 Å². The highest BCUT2D eigenvalue weighted by Crippen LogP contribution is 2.44. The summed E-state index contributed by atoms with van der Waals surface area (Å²) in [7, 11) is 0. The van der Waals surface area contributed by atoms with Crippen LogP contribution in [0.2, 0.25) is 0 Å². The first-order chi connectivity index (χ1) is 20.5. The van der Waals surface area contributed by atoms with Gasteiger partial charge in [0.2, 0.25) is 0 Å². The van der Waals surface area contributed by atoms with Gasteiger partial charge in [0.1, 0.15) is 6.54 Å². The largest absolute Gasteiger partial charge is 0.271 e. The van der Waals surface area contributed by atoms with Gasteiger partial charge in [-0.15, -0.1) is 0 Å². The van der Waals surface area contributed by atoms with Gasteiger partial charge in [-0.1, -0.05) is 81.8 Å². The fourth-order valence-electron chi connectivity index (χ4n) is 6.35. The highest BCUT2D eigenvalue weighted by Gasteiger charge is 2.55. The lowest BCUT2D eigenvalue weighted by Gasteiger charge is -2.30. The summed E-state index contributed by atoms with van der Waals surface area (Å²) in [6.45, 7) is -0.220. The van der Waals surface area contributed by atoms with E-state index in [9.17, 15) is 14.4 Å². The number of amides is 3. The molecule has 1 saturated heterocycles. The lowest BCUT2D eigenvalue weighted by atomic mass is 9.77. The monoisotopic (exact) mass is 622 g/mol. The first-order valence-electron chi connectivity index (χ1n) is 14.0. The summed E-state index contributed by atoms with van der Waals surface area (Å²) in [6, 6.07) is 24.8. The van der Waals surface area contributed by atoms with Crippen molar-refractivity contribution in [2.45, 2.75) is 37.4 Å². The number of nitrogens with zero attached hydrogens (tertiary/aromatic N) is 6.